The minimum absolute atomic E-state index is 0.0282. The average molecular weight is 286 g/mol. The summed E-state index contributed by atoms with van der Waals surface area (Å²) in [6.45, 7) is 1.95. The number of carbonyl (C=O) groups is 1. The predicted octanol–water partition coefficient (Wildman–Crippen LogP) is 4.23. The highest BCUT2D eigenvalue weighted by atomic mass is 35.5. The van der Waals surface area contributed by atoms with Gasteiger partial charge in [-0.15, -0.1) is 0 Å². The van der Waals surface area contributed by atoms with Crippen molar-refractivity contribution < 1.29 is 4.79 Å². The summed E-state index contributed by atoms with van der Waals surface area (Å²) >= 11 is 6.03. The molecule has 0 unspecified atom stereocenters. The molecule has 0 saturated carbocycles. The van der Waals surface area contributed by atoms with Crippen molar-refractivity contribution in [3.63, 3.8) is 0 Å². The van der Waals surface area contributed by atoms with E-state index in [2.05, 4.69) is 5.32 Å². The van der Waals surface area contributed by atoms with Crippen molar-refractivity contribution in [3.05, 3.63) is 76.8 Å². The number of amides is 1. The topological polar surface area (TPSA) is 29.1 Å². The molecule has 20 heavy (non-hydrogen) atoms. The van der Waals surface area contributed by atoms with Crippen molar-refractivity contribution in [2.45, 2.75) is 13.0 Å². The Morgan fingerprint density at radius 1 is 1.10 bits per heavy atom. The van der Waals surface area contributed by atoms with Crippen LogP contribution in [0.2, 0.25) is 5.02 Å². The normalized spacial score (nSPS) is 12.3. The first-order valence-corrected chi connectivity index (χ1v) is 6.82. The Balaban J connectivity index is 1.98. The molecular weight excluding hydrogens is 270 g/mol. The van der Waals surface area contributed by atoms with Gasteiger partial charge in [0.1, 0.15) is 0 Å². The lowest BCUT2D eigenvalue weighted by atomic mass is 10.1. The lowest BCUT2D eigenvalue weighted by molar-refractivity contribution is -0.117. The Morgan fingerprint density at radius 2 is 1.75 bits per heavy atom. The Labute approximate surface area is 124 Å². The van der Waals surface area contributed by atoms with Gasteiger partial charge in [0.15, 0.2) is 0 Å². The molecule has 2 nitrogen and oxygen atoms in total. The number of hydrogen-bond donors (Lipinski definition) is 1. The average Bonchev–Trinajstić information content (AvgIpc) is 2.47. The molecule has 0 bridgehead atoms. The highest BCUT2D eigenvalue weighted by molar-refractivity contribution is 6.32. The first-order chi connectivity index (χ1) is 9.66. The SMILES string of the molecule is C[C@@H](NC(=O)/C=C\c1ccccc1Cl)c1ccccc1. The zero-order valence-electron chi connectivity index (χ0n) is 11.2. The summed E-state index contributed by atoms with van der Waals surface area (Å²) in [6, 6.07) is 17.2. The smallest absolute Gasteiger partial charge is 0.244 e. The highest BCUT2D eigenvalue weighted by Crippen LogP contribution is 2.16. The van der Waals surface area contributed by atoms with E-state index >= 15 is 0 Å². The first kappa shape index (κ1) is 14.4. The molecule has 0 saturated heterocycles. The van der Waals surface area contributed by atoms with Gasteiger partial charge in [-0.25, -0.2) is 0 Å². The molecule has 2 aromatic carbocycles. The van der Waals surface area contributed by atoms with Gasteiger partial charge in [-0.2, -0.15) is 0 Å². The minimum Gasteiger partial charge on any atom is -0.346 e. The zero-order chi connectivity index (χ0) is 14.4. The van der Waals surface area contributed by atoms with Gasteiger partial charge in [0.25, 0.3) is 0 Å². The number of hydrogen-bond acceptors (Lipinski definition) is 1. The number of carbonyl (C=O) groups excluding carboxylic acids is 1. The summed E-state index contributed by atoms with van der Waals surface area (Å²) in [6.07, 6.45) is 3.22. The van der Waals surface area contributed by atoms with E-state index in [1.807, 2.05) is 55.5 Å². The Kier molecular flexibility index (Phi) is 4.97. The third-order valence-electron chi connectivity index (χ3n) is 2.98. The largest absolute Gasteiger partial charge is 0.346 e. The maximum atomic E-state index is 11.9. The monoisotopic (exact) mass is 285 g/mol. The van der Waals surface area contributed by atoms with E-state index in [-0.39, 0.29) is 11.9 Å². The summed E-state index contributed by atoms with van der Waals surface area (Å²) in [5.74, 6) is -0.138. The lowest BCUT2D eigenvalue weighted by Crippen LogP contribution is -2.24. The van der Waals surface area contributed by atoms with Crippen molar-refractivity contribution in [2.24, 2.45) is 0 Å². The van der Waals surface area contributed by atoms with Crippen LogP contribution in [0.25, 0.3) is 6.08 Å². The standard InChI is InChI=1S/C17H16ClNO/c1-13(14-7-3-2-4-8-14)19-17(20)12-11-15-9-5-6-10-16(15)18/h2-13H,1H3,(H,19,20)/b12-11-/t13-/m1/s1. The van der Waals surface area contributed by atoms with Crippen molar-refractivity contribution in [1.29, 1.82) is 0 Å². The summed E-state index contributed by atoms with van der Waals surface area (Å²) in [5.41, 5.74) is 1.91. The zero-order valence-corrected chi connectivity index (χ0v) is 12.0. The molecule has 2 aromatic rings. The van der Waals surface area contributed by atoms with Gasteiger partial charge in [0.2, 0.25) is 5.91 Å². The molecule has 0 aromatic heterocycles. The van der Waals surface area contributed by atoms with Crippen molar-refractivity contribution in [3.8, 4) is 0 Å². The quantitative estimate of drug-likeness (QED) is 0.837. The molecule has 3 heteroatoms. The van der Waals surface area contributed by atoms with Crippen molar-refractivity contribution in [1.82, 2.24) is 5.32 Å². The molecule has 102 valence electrons. The van der Waals surface area contributed by atoms with Crippen LogP contribution < -0.4 is 5.32 Å². The Morgan fingerprint density at radius 3 is 2.45 bits per heavy atom. The summed E-state index contributed by atoms with van der Waals surface area (Å²) < 4.78 is 0. The first-order valence-electron chi connectivity index (χ1n) is 6.45. The molecule has 0 heterocycles. The van der Waals surface area contributed by atoms with Gasteiger partial charge in [0, 0.05) is 11.1 Å². The Bertz CT molecular complexity index is 607. The van der Waals surface area contributed by atoms with Crippen LogP contribution in [0.1, 0.15) is 24.1 Å². The van der Waals surface area contributed by atoms with Gasteiger partial charge in [-0.3, -0.25) is 4.79 Å². The van der Waals surface area contributed by atoms with Crippen LogP contribution >= 0.6 is 11.6 Å². The maximum absolute atomic E-state index is 11.9. The van der Waals surface area contributed by atoms with E-state index in [9.17, 15) is 4.79 Å². The molecule has 0 radical (unpaired) electrons. The second-order valence-corrected chi connectivity index (χ2v) is 4.90. The van der Waals surface area contributed by atoms with Crippen molar-refractivity contribution in [2.75, 3.05) is 0 Å². The van der Waals surface area contributed by atoms with Gasteiger partial charge in [-0.05, 0) is 30.2 Å². The molecule has 1 N–H and O–H groups in total. The predicted molar refractivity (Wildman–Crippen MR) is 83.5 cm³/mol. The van der Waals surface area contributed by atoms with Gasteiger partial charge in [0.05, 0.1) is 6.04 Å². The third kappa shape index (κ3) is 3.97. The molecular formula is C17H16ClNO. The van der Waals surface area contributed by atoms with Crippen LogP contribution in [0, 0.1) is 0 Å². The number of rotatable bonds is 4. The maximum Gasteiger partial charge on any atom is 0.244 e. The molecule has 1 atom stereocenters. The fourth-order valence-corrected chi connectivity index (χ4v) is 2.06. The lowest BCUT2D eigenvalue weighted by Gasteiger charge is -2.12. The van der Waals surface area contributed by atoms with Gasteiger partial charge >= 0.3 is 0 Å². The third-order valence-corrected chi connectivity index (χ3v) is 3.32. The minimum atomic E-state index is -0.138. The summed E-state index contributed by atoms with van der Waals surface area (Å²) in [4.78, 5) is 11.9. The molecule has 0 aliphatic carbocycles. The molecule has 0 aliphatic rings. The van der Waals surface area contributed by atoms with Crippen LogP contribution in [-0.4, -0.2) is 5.91 Å². The van der Waals surface area contributed by atoms with E-state index in [0.29, 0.717) is 5.02 Å². The van der Waals surface area contributed by atoms with Crippen LogP contribution in [0.15, 0.2) is 60.7 Å². The van der Waals surface area contributed by atoms with Crippen LogP contribution in [0.3, 0.4) is 0 Å². The van der Waals surface area contributed by atoms with E-state index in [1.54, 1.807) is 12.1 Å². The number of halogens is 1. The van der Waals surface area contributed by atoms with E-state index in [4.69, 9.17) is 11.6 Å². The molecule has 2 rings (SSSR count). The van der Waals surface area contributed by atoms with Crippen LogP contribution in [0.5, 0.6) is 0 Å². The molecule has 0 aliphatic heterocycles. The second kappa shape index (κ2) is 6.92. The number of nitrogens with one attached hydrogen (secondary N) is 1. The van der Waals surface area contributed by atoms with E-state index in [1.165, 1.54) is 6.08 Å². The molecule has 1 amide bonds. The highest BCUT2D eigenvalue weighted by Gasteiger charge is 2.06. The molecule has 0 fully saturated rings. The van der Waals surface area contributed by atoms with E-state index in [0.717, 1.165) is 11.1 Å². The number of benzene rings is 2. The second-order valence-electron chi connectivity index (χ2n) is 4.50. The van der Waals surface area contributed by atoms with Gasteiger partial charge < -0.3 is 5.32 Å². The fraction of sp³-hybridized carbons (Fsp3) is 0.118. The van der Waals surface area contributed by atoms with Gasteiger partial charge in [-0.1, -0.05) is 60.1 Å². The molecule has 0 spiro atoms. The Hall–Kier alpha value is -2.06. The van der Waals surface area contributed by atoms with E-state index < -0.39 is 0 Å². The fourth-order valence-electron chi connectivity index (χ4n) is 1.86. The summed E-state index contributed by atoms with van der Waals surface area (Å²) in [5, 5.41) is 3.55. The summed E-state index contributed by atoms with van der Waals surface area (Å²) in [7, 11) is 0. The van der Waals surface area contributed by atoms with Crippen LogP contribution in [0.4, 0.5) is 0 Å². The van der Waals surface area contributed by atoms with Crippen molar-refractivity contribution >= 4 is 23.6 Å². The van der Waals surface area contributed by atoms with Crippen LogP contribution in [-0.2, 0) is 4.79 Å².